The Kier molecular flexibility index (Phi) is 6.96. The summed E-state index contributed by atoms with van der Waals surface area (Å²) in [5, 5.41) is 14.8. The van der Waals surface area contributed by atoms with Crippen LogP contribution in [0.2, 0.25) is 5.02 Å². The highest BCUT2D eigenvalue weighted by Crippen LogP contribution is 2.19. The van der Waals surface area contributed by atoms with E-state index in [1.54, 1.807) is 36.4 Å². The third-order valence-electron chi connectivity index (χ3n) is 4.16. The summed E-state index contributed by atoms with van der Waals surface area (Å²) in [5.41, 5.74) is 3.14. The van der Waals surface area contributed by atoms with Gasteiger partial charge < -0.3 is 15.7 Å². The first-order valence-corrected chi connectivity index (χ1v) is 8.76. The maximum atomic E-state index is 12.2. The fourth-order valence-electron chi connectivity index (χ4n) is 2.51. The van der Waals surface area contributed by atoms with Crippen LogP contribution in [-0.4, -0.2) is 29.4 Å². The van der Waals surface area contributed by atoms with E-state index < -0.39 is 17.9 Å². The molecule has 27 heavy (non-hydrogen) atoms. The number of nitrogens with one attached hydrogen (secondary N) is 2. The van der Waals surface area contributed by atoms with Crippen molar-refractivity contribution in [1.82, 2.24) is 10.6 Å². The standard InChI is InChI=1S/C20H21ClN2O4/c1-12-3-4-15(9-13(12)2)20(27)22-11-18(24)23-17(10-19(25)26)14-5-7-16(21)8-6-14/h3-9,17H,10-11H2,1-2H3,(H,22,27)(H,23,24)(H,25,26)/t17-/m0/s1. The monoisotopic (exact) mass is 388 g/mol. The molecular formula is C20H21ClN2O4. The quantitative estimate of drug-likeness (QED) is 0.679. The summed E-state index contributed by atoms with van der Waals surface area (Å²) in [5.74, 6) is -1.89. The van der Waals surface area contributed by atoms with Crippen LogP contribution in [0, 0.1) is 13.8 Å². The molecule has 0 spiro atoms. The van der Waals surface area contributed by atoms with E-state index in [2.05, 4.69) is 10.6 Å². The van der Waals surface area contributed by atoms with Gasteiger partial charge >= 0.3 is 5.97 Å². The van der Waals surface area contributed by atoms with Crippen molar-refractivity contribution in [3.63, 3.8) is 0 Å². The van der Waals surface area contributed by atoms with Crippen LogP contribution in [0.3, 0.4) is 0 Å². The number of halogens is 1. The maximum Gasteiger partial charge on any atom is 0.305 e. The van der Waals surface area contributed by atoms with Gasteiger partial charge in [-0.2, -0.15) is 0 Å². The molecule has 0 aliphatic heterocycles. The van der Waals surface area contributed by atoms with E-state index in [0.717, 1.165) is 11.1 Å². The number of aryl methyl sites for hydroxylation is 2. The first-order chi connectivity index (χ1) is 12.8. The molecule has 2 rings (SSSR count). The lowest BCUT2D eigenvalue weighted by molar-refractivity contribution is -0.137. The molecule has 0 radical (unpaired) electrons. The molecule has 142 valence electrons. The summed E-state index contributed by atoms with van der Waals surface area (Å²) in [7, 11) is 0. The van der Waals surface area contributed by atoms with Gasteiger partial charge in [0.2, 0.25) is 5.91 Å². The van der Waals surface area contributed by atoms with Crippen molar-refractivity contribution in [2.45, 2.75) is 26.3 Å². The Labute approximate surface area is 162 Å². The second kappa shape index (κ2) is 9.19. The summed E-state index contributed by atoms with van der Waals surface area (Å²) >= 11 is 5.84. The number of hydrogen-bond donors (Lipinski definition) is 3. The van der Waals surface area contributed by atoms with Crippen molar-refractivity contribution in [1.29, 1.82) is 0 Å². The number of carboxylic acid groups (broad SMARTS) is 1. The zero-order valence-electron chi connectivity index (χ0n) is 15.1. The normalized spacial score (nSPS) is 11.5. The molecule has 0 aliphatic rings. The fourth-order valence-corrected chi connectivity index (χ4v) is 2.64. The fraction of sp³-hybridized carbons (Fsp3) is 0.250. The van der Waals surface area contributed by atoms with E-state index in [1.165, 1.54) is 0 Å². The highest BCUT2D eigenvalue weighted by molar-refractivity contribution is 6.30. The van der Waals surface area contributed by atoms with Gasteiger partial charge in [0.15, 0.2) is 0 Å². The van der Waals surface area contributed by atoms with Crippen LogP contribution < -0.4 is 10.6 Å². The Morgan fingerprint density at radius 2 is 1.70 bits per heavy atom. The SMILES string of the molecule is Cc1ccc(C(=O)NCC(=O)N[C@@H](CC(=O)O)c2ccc(Cl)cc2)cc1C. The lowest BCUT2D eigenvalue weighted by Crippen LogP contribution is -2.39. The van der Waals surface area contributed by atoms with Gasteiger partial charge in [0.25, 0.3) is 5.91 Å². The second-order valence-electron chi connectivity index (χ2n) is 6.25. The van der Waals surface area contributed by atoms with Crippen LogP contribution in [-0.2, 0) is 9.59 Å². The molecule has 0 aromatic heterocycles. The molecule has 0 heterocycles. The lowest BCUT2D eigenvalue weighted by Gasteiger charge is -2.18. The largest absolute Gasteiger partial charge is 0.481 e. The van der Waals surface area contributed by atoms with Gasteiger partial charge in [0, 0.05) is 10.6 Å². The molecule has 0 aliphatic carbocycles. The molecule has 1 atom stereocenters. The van der Waals surface area contributed by atoms with Crippen molar-refractivity contribution < 1.29 is 19.5 Å². The first-order valence-electron chi connectivity index (χ1n) is 8.38. The number of aliphatic carboxylic acids is 1. The highest BCUT2D eigenvalue weighted by atomic mass is 35.5. The van der Waals surface area contributed by atoms with Crippen molar-refractivity contribution in [3.8, 4) is 0 Å². The number of rotatable bonds is 7. The average Bonchev–Trinajstić information content (AvgIpc) is 2.61. The number of carbonyl (C=O) groups is 3. The summed E-state index contributed by atoms with van der Waals surface area (Å²) in [6.45, 7) is 3.60. The Morgan fingerprint density at radius 1 is 1.04 bits per heavy atom. The lowest BCUT2D eigenvalue weighted by atomic mass is 10.0. The maximum absolute atomic E-state index is 12.2. The first kappa shape index (κ1) is 20.5. The third-order valence-corrected chi connectivity index (χ3v) is 4.42. The number of carboxylic acids is 1. The highest BCUT2D eigenvalue weighted by Gasteiger charge is 2.18. The summed E-state index contributed by atoms with van der Waals surface area (Å²) in [6, 6.07) is 11.1. The van der Waals surface area contributed by atoms with E-state index in [1.807, 2.05) is 19.9 Å². The van der Waals surface area contributed by atoms with Crippen molar-refractivity contribution in [3.05, 3.63) is 69.7 Å². The number of hydrogen-bond acceptors (Lipinski definition) is 3. The third kappa shape index (κ3) is 6.11. The van der Waals surface area contributed by atoms with Gasteiger partial charge in [-0.1, -0.05) is 29.8 Å². The van der Waals surface area contributed by atoms with Crippen LogP contribution >= 0.6 is 11.6 Å². The van der Waals surface area contributed by atoms with Crippen molar-refractivity contribution in [2.24, 2.45) is 0 Å². The summed E-state index contributed by atoms with van der Waals surface area (Å²) < 4.78 is 0. The van der Waals surface area contributed by atoms with Crippen LogP contribution in [0.4, 0.5) is 0 Å². The Hall–Kier alpha value is -2.86. The van der Waals surface area contributed by atoms with Crippen molar-refractivity contribution >= 4 is 29.4 Å². The van der Waals surface area contributed by atoms with E-state index in [0.29, 0.717) is 16.1 Å². The van der Waals surface area contributed by atoms with Gasteiger partial charge in [-0.15, -0.1) is 0 Å². The van der Waals surface area contributed by atoms with Crippen LogP contribution in [0.25, 0.3) is 0 Å². The van der Waals surface area contributed by atoms with Crippen LogP contribution in [0.1, 0.15) is 39.5 Å². The Bertz CT molecular complexity index is 850. The molecule has 0 unspecified atom stereocenters. The Morgan fingerprint density at radius 3 is 2.30 bits per heavy atom. The molecule has 0 bridgehead atoms. The zero-order chi connectivity index (χ0) is 20.0. The van der Waals surface area contributed by atoms with E-state index in [4.69, 9.17) is 16.7 Å². The van der Waals surface area contributed by atoms with Crippen LogP contribution in [0.15, 0.2) is 42.5 Å². The molecule has 3 N–H and O–H groups in total. The van der Waals surface area contributed by atoms with Crippen molar-refractivity contribution in [2.75, 3.05) is 6.54 Å². The molecule has 7 heteroatoms. The minimum absolute atomic E-state index is 0.254. The second-order valence-corrected chi connectivity index (χ2v) is 6.69. The molecule has 2 amide bonds. The van der Waals surface area contributed by atoms with Gasteiger partial charge in [-0.25, -0.2) is 0 Å². The van der Waals surface area contributed by atoms with Gasteiger partial charge in [0.05, 0.1) is 19.0 Å². The topological polar surface area (TPSA) is 95.5 Å². The number of benzene rings is 2. The van der Waals surface area contributed by atoms with Crippen LogP contribution in [0.5, 0.6) is 0 Å². The number of amides is 2. The van der Waals surface area contributed by atoms with E-state index in [9.17, 15) is 14.4 Å². The van der Waals surface area contributed by atoms with Gasteiger partial charge in [-0.3, -0.25) is 14.4 Å². The van der Waals surface area contributed by atoms with Gasteiger partial charge in [-0.05, 0) is 54.8 Å². The predicted octanol–water partition coefficient (Wildman–Crippen LogP) is 3.02. The average molecular weight is 389 g/mol. The molecule has 0 fully saturated rings. The van der Waals surface area contributed by atoms with Gasteiger partial charge in [0.1, 0.15) is 0 Å². The van der Waals surface area contributed by atoms with E-state index >= 15 is 0 Å². The number of carbonyl (C=O) groups excluding carboxylic acids is 2. The zero-order valence-corrected chi connectivity index (χ0v) is 15.8. The molecule has 2 aromatic carbocycles. The smallest absolute Gasteiger partial charge is 0.305 e. The summed E-state index contributed by atoms with van der Waals surface area (Å²) in [6.07, 6.45) is -0.279. The molecular weight excluding hydrogens is 368 g/mol. The molecule has 6 nitrogen and oxygen atoms in total. The predicted molar refractivity (Wildman–Crippen MR) is 103 cm³/mol. The minimum atomic E-state index is -1.05. The minimum Gasteiger partial charge on any atom is -0.481 e. The van der Waals surface area contributed by atoms with E-state index in [-0.39, 0.29) is 18.9 Å². The molecule has 0 saturated carbocycles. The molecule has 0 saturated heterocycles. The summed E-state index contributed by atoms with van der Waals surface area (Å²) in [4.78, 5) is 35.5. The Balaban J connectivity index is 1.98. The molecule has 2 aromatic rings.